The maximum atomic E-state index is 11.3. The summed E-state index contributed by atoms with van der Waals surface area (Å²) in [6, 6.07) is 2.22. The minimum atomic E-state index is -0.738. The molecule has 1 N–H and O–H groups in total. The van der Waals surface area contributed by atoms with Gasteiger partial charge in [0.05, 0.1) is 11.1 Å². The monoisotopic (exact) mass is 238 g/mol. The first-order chi connectivity index (χ1) is 7.89. The molecule has 1 rings (SSSR count). The number of nitrogens with zero attached hydrogens (tertiary/aromatic N) is 2. The van der Waals surface area contributed by atoms with Crippen LogP contribution in [0.15, 0.2) is 12.3 Å². The van der Waals surface area contributed by atoms with Gasteiger partial charge in [-0.3, -0.25) is 9.48 Å². The Morgan fingerprint density at radius 3 is 2.65 bits per heavy atom. The lowest BCUT2D eigenvalue weighted by Gasteiger charge is -2.23. The summed E-state index contributed by atoms with van der Waals surface area (Å²) in [5.74, 6) is -0.738. The molecule has 0 saturated heterocycles. The second-order valence-electron chi connectivity index (χ2n) is 5.17. The van der Waals surface area contributed by atoms with Gasteiger partial charge in [0.15, 0.2) is 0 Å². The zero-order valence-corrected chi connectivity index (χ0v) is 11.1. The fourth-order valence-corrected chi connectivity index (χ4v) is 1.98. The number of hydrogen-bond acceptors (Lipinski definition) is 2. The van der Waals surface area contributed by atoms with Crippen LogP contribution in [0, 0.1) is 5.41 Å². The Labute approximate surface area is 103 Å². The maximum absolute atomic E-state index is 11.3. The third kappa shape index (κ3) is 3.32. The summed E-state index contributed by atoms with van der Waals surface area (Å²) in [5.41, 5.74) is 0.155. The minimum Gasteiger partial charge on any atom is -0.481 e. The van der Waals surface area contributed by atoms with Crippen LogP contribution in [0.25, 0.3) is 0 Å². The molecule has 0 bridgehead atoms. The molecule has 0 aliphatic rings. The van der Waals surface area contributed by atoms with Crippen LogP contribution in [0.1, 0.15) is 52.3 Å². The van der Waals surface area contributed by atoms with E-state index in [1.165, 1.54) is 0 Å². The molecule has 0 amide bonds. The number of carbonyl (C=O) groups is 1. The maximum Gasteiger partial charge on any atom is 0.309 e. The van der Waals surface area contributed by atoms with E-state index in [-0.39, 0.29) is 0 Å². The third-order valence-corrected chi connectivity index (χ3v) is 3.08. The summed E-state index contributed by atoms with van der Waals surface area (Å²) in [7, 11) is 0. The fraction of sp³-hybridized carbons (Fsp3) is 0.692. The first-order valence-electron chi connectivity index (χ1n) is 6.16. The normalized spacial score (nSPS) is 14.9. The zero-order valence-electron chi connectivity index (χ0n) is 11.1. The Balaban J connectivity index is 2.82. The molecule has 1 heterocycles. The van der Waals surface area contributed by atoms with Crippen molar-refractivity contribution >= 4 is 5.97 Å². The number of carboxylic acid groups (broad SMARTS) is 1. The molecular weight excluding hydrogens is 216 g/mol. The molecule has 0 aromatic carbocycles. The van der Waals surface area contributed by atoms with Gasteiger partial charge in [0.25, 0.3) is 0 Å². The molecule has 0 fully saturated rings. The van der Waals surface area contributed by atoms with E-state index >= 15 is 0 Å². The number of aliphatic carboxylic acids is 1. The van der Waals surface area contributed by atoms with Crippen molar-refractivity contribution in [1.82, 2.24) is 9.78 Å². The average molecular weight is 238 g/mol. The number of rotatable bonds is 6. The fourth-order valence-electron chi connectivity index (χ4n) is 1.98. The van der Waals surface area contributed by atoms with Crippen LogP contribution >= 0.6 is 0 Å². The Bertz CT molecular complexity index is 385. The molecule has 4 nitrogen and oxygen atoms in total. The lowest BCUT2D eigenvalue weighted by Crippen LogP contribution is -2.30. The molecule has 0 aliphatic heterocycles. The van der Waals surface area contributed by atoms with Crippen LogP contribution in [0.4, 0.5) is 0 Å². The van der Waals surface area contributed by atoms with Crippen LogP contribution in [0.2, 0.25) is 0 Å². The van der Waals surface area contributed by atoms with Crippen LogP contribution in [0.5, 0.6) is 0 Å². The van der Waals surface area contributed by atoms with Gasteiger partial charge in [-0.2, -0.15) is 5.10 Å². The molecule has 96 valence electrons. The van der Waals surface area contributed by atoms with Gasteiger partial charge in [0.2, 0.25) is 0 Å². The number of hydrogen-bond donors (Lipinski definition) is 1. The standard InChI is InChI=1S/C13H22N2O2/c1-5-7-13(4,12(16)17)9-11-6-8-15(14-11)10(2)3/h6,8,10H,5,7,9H2,1-4H3,(H,16,17). The van der Waals surface area contributed by atoms with Crippen LogP contribution < -0.4 is 0 Å². The molecule has 1 aromatic rings. The number of aromatic nitrogens is 2. The second-order valence-corrected chi connectivity index (χ2v) is 5.17. The van der Waals surface area contributed by atoms with Crippen molar-refractivity contribution in [2.75, 3.05) is 0 Å². The highest BCUT2D eigenvalue weighted by molar-refractivity contribution is 5.74. The van der Waals surface area contributed by atoms with Gasteiger partial charge in [-0.05, 0) is 33.3 Å². The summed E-state index contributed by atoms with van der Waals surface area (Å²) in [4.78, 5) is 11.3. The van der Waals surface area contributed by atoms with E-state index in [0.29, 0.717) is 18.9 Å². The van der Waals surface area contributed by atoms with Gasteiger partial charge in [0.1, 0.15) is 0 Å². The lowest BCUT2D eigenvalue weighted by atomic mass is 9.81. The van der Waals surface area contributed by atoms with E-state index in [9.17, 15) is 9.90 Å². The van der Waals surface area contributed by atoms with E-state index in [2.05, 4.69) is 18.9 Å². The lowest BCUT2D eigenvalue weighted by molar-refractivity contribution is -0.148. The summed E-state index contributed by atoms with van der Waals surface area (Å²) >= 11 is 0. The minimum absolute atomic E-state index is 0.311. The Hall–Kier alpha value is -1.32. The van der Waals surface area contributed by atoms with Crippen molar-refractivity contribution in [2.24, 2.45) is 5.41 Å². The zero-order chi connectivity index (χ0) is 13.1. The molecule has 1 aromatic heterocycles. The molecule has 17 heavy (non-hydrogen) atoms. The van der Waals surface area contributed by atoms with Crippen molar-refractivity contribution in [3.05, 3.63) is 18.0 Å². The van der Waals surface area contributed by atoms with Gasteiger partial charge < -0.3 is 5.11 Å². The topological polar surface area (TPSA) is 55.1 Å². The molecule has 1 atom stereocenters. The van der Waals surface area contributed by atoms with Crippen molar-refractivity contribution in [3.63, 3.8) is 0 Å². The van der Waals surface area contributed by atoms with Gasteiger partial charge in [-0.25, -0.2) is 0 Å². The molecule has 4 heteroatoms. The smallest absolute Gasteiger partial charge is 0.309 e. The first kappa shape index (κ1) is 13.7. The molecule has 0 radical (unpaired) electrons. The number of carboxylic acids is 1. The summed E-state index contributed by atoms with van der Waals surface area (Å²) in [5, 5.41) is 13.7. The van der Waals surface area contributed by atoms with Crippen LogP contribution in [-0.2, 0) is 11.2 Å². The Morgan fingerprint density at radius 2 is 2.24 bits per heavy atom. The third-order valence-electron chi connectivity index (χ3n) is 3.08. The highest BCUT2D eigenvalue weighted by atomic mass is 16.4. The van der Waals surface area contributed by atoms with E-state index in [4.69, 9.17) is 0 Å². The largest absolute Gasteiger partial charge is 0.481 e. The van der Waals surface area contributed by atoms with Crippen LogP contribution in [0.3, 0.4) is 0 Å². The second kappa shape index (κ2) is 5.34. The predicted octanol–water partition coefficient (Wildman–Crippen LogP) is 2.90. The van der Waals surface area contributed by atoms with Crippen molar-refractivity contribution in [1.29, 1.82) is 0 Å². The molecule has 1 unspecified atom stereocenters. The van der Waals surface area contributed by atoms with E-state index < -0.39 is 11.4 Å². The van der Waals surface area contributed by atoms with E-state index in [1.54, 1.807) is 6.92 Å². The van der Waals surface area contributed by atoms with E-state index in [0.717, 1.165) is 12.1 Å². The predicted molar refractivity (Wildman–Crippen MR) is 67.0 cm³/mol. The van der Waals surface area contributed by atoms with Gasteiger partial charge in [0, 0.05) is 18.7 Å². The summed E-state index contributed by atoms with van der Waals surface area (Å²) in [6.07, 6.45) is 3.95. The summed E-state index contributed by atoms with van der Waals surface area (Å²) in [6.45, 7) is 7.92. The highest BCUT2D eigenvalue weighted by Crippen LogP contribution is 2.28. The Morgan fingerprint density at radius 1 is 1.59 bits per heavy atom. The molecule has 0 spiro atoms. The highest BCUT2D eigenvalue weighted by Gasteiger charge is 2.33. The van der Waals surface area contributed by atoms with Crippen LogP contribution in [-0.4, -0.2) is 20.9 Å². The van der Waals surface area contributed by atoms with E-state index in [1.807, 2.05) is 23.9 Å². The van der Waals surface area contributed by atoms with Gasteiger partial charge in [-0.1, -0.05) is 13.3 Å². The SMILES string of the molecule is CCCC(C)(Cc1ccn(C(C)C)n1)C(=O)O. The molecule has 0 aliphatic carbocycles. The van der Waals surface area contributed by atoms with Gasteiger partial charge >= 0.3 is 5.97 Å². The molecular formula is C13H22N2O2. The molecule has 0 saturated carbocycles. The Kier molecular flexibility index (Phi) is 4.32. The van der Waals surface area contributed by atoms with Crippen molar-refractivity contribution in [2.45, 2.75) is 53.0 Å². The van der Waals surface area contributed by atoms with Gasteiger partial charge in [-0.15, -0.1) is 0 Å². The summed E-state index contributed by atoms with van der Waals surface area (Å²) < 4.78 is 1.86. The average Bonchev–Trinajstić information content (AvgIpc) is 2.66. The quantitative estimate of drug-likeness (QED) is 0.829. The van der Waals surface area contributed by atoms with Crippen molar-refractivity contribution in [3.8, 4) is 0 Å². The first-order valence-corrected chi connectivity index (χ1v) is 6.16. The van der Waals surface area contributed by atoms with Crippen molar-refractivity contribution < 1.29 is 9.90 Å².